The van der Waals surface area contributed by atoms with E-state index >= 15 is 0 Å². The van der Waals surface area contributed by atoms with E-state index in [1.54, 1.807) is 24.3 Å². The maximum atomic E-state index is 12.5. The number of fused-ring (bicyclic) bond motifs is 1. The molecule has 0 radical (unpaired) electrons. The van der Waals surface area contributed by atoms with Gasteiger partial charge < -0.3 is 10.1 Å². The van der Waals surface area contributed by atoms with Crippen LogP contribution in [0.15, 0.2) is 48.5 Å². The summed E-state index contributed by atoms with van der Waals surface area (Å²) in [5.74, 6) is -1.70. The van der Waals surface area contributed by atoms with Gasteiger partial charge in [0, 0.05) is 6.26 Å². The van der Waals surface area contributed by atoms with Crippen molar-refractivity contribution in [1.82, 2.24) is 0 Å². The van der Waals surface area contributed by atoms with E-state index in [2.05, 4.69) is 5.32 Å². The third-order valence-electron chi connectivity index (χ3n) is 4.02. The van der Waals surface area contributed by atoms with Crippen molar-refractivity contribution in [2.75, 3.05) is 29.6 Å². The first-order valence-electron chi connectivity index (χ1n) is 8.36. The van der Waals surface area contributed by atoms with E-state index < -0.39 is 28.3 Å². The molecule has 0 unspecified atom stereocenters. The Morgan fingerprint density at radius 1 is 1.11 bits per heavy atom. The van der Waals surface area contributed by atoms with Crippen molar-refractivity contribution < 1.29 is 27.5 Å². The van der Waals surface area contributed by atoms with Gasteiger partial charge in [0.25, 0.3) is 5.91 Å². The lowest BCUT2D eigenvalue weighted by Gasteiger charge is -2.28. The third kappa shape index (κ3) is 4.74. The third-order valence-corrected chi connectivity index (χ3v) is 4.87. The summed E-state index contributed by atoms with van der Waals surface area (Å²) in [6.45, 7) is -0.681. The largest absolute Gasteiger partial charge is 0.452 e. The topological polar surface area (TPSA) is 110 Å². The normalized spacial score (nSPS) is 13.5. The van der Waals surface area contributed by atoms with Gasteiger partial charge in [0.05, 0.1) is 22.7 Å². The van der Waals surface area contributed by atoms with Crippen LogP contribution in [0, 0.1) is 0 Å². The number of carbonyl (C=O) groups is 3. The monoisotopic (exact) mass is 402 g/mol. The molecule has 1 N–H and O–H groups in total. The summed E-state index contributed by atoms with van der Waals surface area (Å²) in [7, 11) is -3.17. The Labute approximate surface area is 162 Å². The van der Waals surface area contributed by atoms with Crippen LogP contribution in [0.3, 0.4) is 0 Å². The van der Waals surface area contributed by atoms with Gasteiger partial charge in [-0.25, -0.2) is 13.2 Å². The number of amides is 2. The zero-order chi connectivity index (χ0) is 20.3. The lowest BCUT2D eigenvalue weighted by molar-refractivity contribution is -0.124. The average Bonchev–Trinajstić information content (AvgIpc) is 2.64. The zero-order valence-corrected chi connectivity index (χ0v) is 15.9. The molecule has 1 aliphatic heterocycles. The second kappa shape index (κ2) is 7.81. The van der Waals surface area contributed by atoms with Crippen LogP contribution in [0.25, 0.3) is 0 Å². The minimum absolute atomic E-state index is 0.128. The number of nitrogens with one attached hydrogen (secondary N) is 1. The molecule has 0 saturated carbocycles. The summed E-state index contributed by atoms with van der Waals surface area (Å²) >= 11 is 0. The second-order valence-corrected chi connectivity index (χ2v) is 8.53. The van der Waals surface area contributed by atoms with Crippen LogP contribution in [-0.2, 0) is 29.9 Å². The molecule has 1 heterocycles. The Balaban J connectivity index is 1.63. The minimum Gasteiger partial charge on any atom is -0.452 e. The molecule has 0 spiro atoms. The molecule has 0 fully saturated rings. The molecule has 9 heteroatoms. The molecular weight excluding hydrogens is 384 g/mol. The fourth-order valence-corrected chi connectivity index (χ4v) is 3.58. The highest BCUT2D eigenvalue weighted by Crippen LogP contribution is 2.28. The number of para-hydroxylation sites is 2. The van der Waals surface area contributed by atoms with E-state index in [9.17, 15) is 22.8 Å². The number of hydrogen-bond donors (Lipinski definition) is 1. The van der Waals surface area contributed by atoms with E-state index in [1.807, 2.05) is 0 Å². The summed E-state index contributed by atoms with van der Waals surface area (Å²) in [4.78, 5) is 37.6. The maximum Gasteiger partial charge on any atom is 0.338 e. The van der Waals surface area contributed by atoms with Crippen molar-refractivity contribution in [3.63, 3.8) is 0 Å². The predicted octanol–water partition coefficient (Wildman–Crippen LogP) is 1.37. The second-order valence-electron chi connectivity index (χ2n) is 6.39. The number of hydrogen-bond acceptors (Lipinski definition) is 6. The Morgan fingerprint density at radius 3 is 2.46 bits per heavy atom. The quantitative estimate of drug-likeness (QED) is 0.757. The number of carbonyl (C=O) groups excluding carboxylic acids is 3. The molecule has 2 amide bonds. The highest BCUT2D eigenvalue weighted by atomic mass is 32.2. The van der Waals surface area contributed by atoms with Crippen LogP contribution in [0.2, 0.25) is 0 Å². The van der Waals surface area contributed by atoms with Crippen LogP contribution in [-0.4, -0.2) is 45.6 Å². The minimum atomic E-state index is -3.17. The Hall–Kier alpha value is -3.20. The van der Waals surface area contributed by atoms with E-state index in [1.165, 1.54) is 29.2 Å². The van der Waals surface area contributed by atoms with Crippen molar-refractivity contribution in [2.45, 2.75) is 5.75 Å². The fraction of sp³-hybridized carbons (Fsp3) is 0.211. The first kappa shape index (κ1) is 19.6. The molecule has 146 valence electrons. The van der Waals surface area contributed by atoms with E-state index in [0.29, 0.717) is 16.9 Å². The lowest BCUT2D eigenvalue weighted by Crippen LogP contribution is -2.44. The molecular formula is C19H18N2O6S. The van der Waals surface area contributed by atoms with Gasteiger partial charge in [-0.2, -0.15) is 0 Å². The van der Waals surface area contributed by atoms with Crippen LogP contribution in [0.4, 0.5) is 11.4 Å². The summed E-state index contributed by atoms with van der Waals surface area (Å²) in [6, 6.07) is 12.8. The SMILES string of the molecule is CS(=O)(=O)Cc1ccc(C(=O)OCC(=O)N2CC(=O)Nc3ccccc32)cc1. The Morgan fingerprint density at radius 2 is 1.79 bits per heavy atom. The molecule has 2 aromatic rings. The summed E-state index contributed by atoms with van der Waals surface area (Å²) in [5.41, 5.74) is 1.79. The molecule has 0 saturated heterocycles. The number of nitrogens with zero attached hydrogens (tertiary/aromatic N) is 1. The molecule has 28 heavy (non-hydrogen) atoms. The van der Waals surface area contributed by atoms with E-state index in [0.717, 1.165) is 6.26 Å². The number of benzene rings is 2. The predicted molar refractivity (Wildman–Crippen MR) is 103 cm³/mol. The molecule has 3 rings (SSSR count). The van der Waals surface area contributed by atoms with Gasteiger partial charge in [0.15, 0.2) is 16.4 Å². The van der Waals surface area contributed by atoms with E-state index in [4.69, 9.17) is 4.74 Å². The number of rotatable bonds is 5. The van der Waals surface area contributed by atoms with Crippen LogP contribution < -0.4 is 10.2 Å². The summed E-state index contributed by atoms with van der Waals surface area (Å²) in [5, 5.41) is 2.67. The standard InChI is InChI=1S/C19H18N2O6S/c1-28(25,26)12-13-6-8-14(9-7-13)19(24)27-11-18(23)21-10-17(22)20-15-4-2-3-5-16(15)21/h2-9H,10-12H2,1H3,(H,20,22). The fourth-order valence-electron chi connectivity index (χ4n) is 2.78. The van der Waals surface area contributed by atoms with Crippen molar-refractivity contribution in [2.24, 2.45) is 0 Å². The Kier molecular flexibility index (Phi) is 5.46. The molecule has 0 aliphatic carbocycles. The number of ether oxygens (including phenoxy) is 1. The highest BCUT2D eigenvalue weighted by molar-refractivity contribution is 7.89. The van der Waals surface area contributed by atoms with Crippen LogP contribution in [0.5, 0.6) is 0 Å². The Bertz CT molecular complexity index is 1030. The highest BCUT2D eigenvalue weighted by Gasteiger charge is 2.27. The van der Waals surface area contributed by atoms with Gasteiger partial charge >= 0.3 is 5.97 Å². The van der Waals surface area contributed by atoms with Crippen LogP contribution in [0.1, 0.15) is 15.9 Å². The number of sulfone groups is 1. The summed E-state index contributed by atoms with van der Waals surface area (Å²) in [6.07, 6.45) is 1.12. The zero-order valence-electron chi connectivity index (χ0n) is 15.0. The van der Waals surface area contributed by atoms with Gasteiger partial charge in [0.1, 0.15) is 6.54 Å². The van der Waals surface area contributed by atoms with Gasteiger partial charge in [-0.05, 0) is 29.8 Å². The molecule has 0 atom stereocenters. The van der Waals surface area contributed by atoms with Gasteiger partial charge in [0.2, 0.25) is 5.91 Å². The van der Waals surface area contributed by atoms with E-state index in [-0.39, 0.29) is 23.8 Å². The molecule has 2 aromatic carbocycles. The number of esters is 1. The van der Waals surface area contributed by atoms with Crippen molar-refractivity contribution >= 4 is 39.0 Å². The van der Waals surface area contributed by atoms with Crippen molar-refractivity contribution in [1.29, 1.82) is 0 Å². The molecule has 0 aromatic heterocycles. The van der Waals surface area contributed by atoms with Crippen molar-refractivity contribution in [3.05, 3.63) is 59.7 Å². The van der Waals surface area contributed by atoms with Crippen molar-refractivity contribution in [3.8, 4) is 0 Å². The molecule has 0 bridgehead atoms. The van der Waals surface area contributed by atoms with Gasteiger partial charge in [-0.3, -0.25) is 14.5 Å². The number of anilines is 2. The smallest absolute Gasteiger partial charge is 0.338 e. The first-order valence-corrected chi connectivity index (χ1v) is 10.4. The molecule has 1 aliphatic rings. The summed E-state index contributed by atoms with van der Waals surface area (Å²) < 4.78 is 27.6. The van der Waals surface area contributed by atoms with Gasteiger partial charge in [-0.15, -0.1) is 0 Å². The van der Waals surface area contributed by atoms with Gasteiger partial charge in [-0.1, -0.05) is 24.3 Å². The lowest BCUT2D eigenvalue weighted by atomic mass is 10.1. The van der Waals surface area contributed by atoms with Crippen LogP contribution >= 0.6 is 0 Å². The molecule has 8 nitrogen and oxygen atoms in total. The first-order chi connectivity index (χ1) is 13.2. The maximum absolute atomic E-state index is 12.5. The average molecular weight is 402 g/mol.